The summed E-state index contributed by atoms with van der Waals surface area (Å²) >= 11 is 4.89. The highest BCUT2D eigenvalue weighted by Crippen LogP contribution is 2.12. The lowest BCUT2D eigenvalue weighted by Gasteiger charge is -2.24. The molecule has 0 radical (unpaired) electrons. The van der Waals surface area contributed by atoms with Gasteiger partial charge in [0.05, 0.1) is 4.99 Å². The van der Waals surface area contributed by atoms with Crippen LogP contribution in [-0.4, -0.2) is 29.4 Å². The van der Waals surface area contributed by atoms with Crippen LogP contribution in [-0.2, 0) is 4.79 Å². The molecule has 0 aromatic rings. The molecule has 0 spiro atoms. The summed E-state index contributed by atoms with van der Waals surface area (Å²) < 4.78 is 0. The van der Waals surface area contributed by atoms with Crippen molar-refractivity contribution in [1.29, 1.82) is 0 Å². The molecular weight excluding hydrogens is 208 g/mol. The Morgan fingerprint density at radius 2 is 1.87 bits per heavy atom. The highest BCUT2D eigenvalue weighted by Gasteiger charge is 2.20. The number of nitrogens with zero attached hydrogens (tertiary/aromatic N) is 1. The molecule has 1 unspecified atom stereocenters. The van der Waals surface area contributed by atoms with Crippen molar-refractivity contribution in [3.05, 3.63) is 0 Å². The van der Waals surface area contributed by atoms with Crippen LogP contribution in [0.1, 0.15) is 33.6 Å². The summed E-state index contributed by atoms with van der Waals surface area (Å²) in [7, 11) is 1.81. The fourth-order valence-corrected chi connectivity index (χ4v) is 1.61. The lowest BCUT2D eigenvalue weighted by atomic mass is 10.0. The molecule has 2 N–H and O–H groups in total. The molecule has 0 saturated heterocycles. The van der Waals surface area contributed by atoms with Crippen molar-refractivity contribution >= 4 is 23.1 Å². The zero-order valence-electron chi connectivity index (χ0n) is 10.1. The molecular formula is C11H22N2OS. The van der Waals surface area contributed by atoms with Crippen molar-refractivity contribution in [3.8, 4) is 0 Å². The molecule has 0 aliphatic heterocycles. The van der Waals surface area contributed by atoms with Gasteiger partial charge in [-0.05, 0) is 12.8 Å². The van der Waals surface area contributed by atoms with Crippen LogP contribution in [0.4, 0.5) is 0 Å². The number of hydrogen-bond acceptors (Lipinski definition) is 2. The molecule has 3 nitrogen and oxygen atoms in total. The summed E-state index contributed by atoms with van der Waals surface area (Å²) in [4.78, 5) is 14.1. The number of carbonyl (C=O) groups is 1. The number of carbonyl (C=O) groups excluding carboxylic acids is 1. The van der Waals surface area contributed by atoms with Gasteiger partial charge in [0.1, 0.15) is 0 Å². The van der Waals surface area contributed by atoms with Crippen molar-refractivity contribution in [1.82, 2.24) is 4.90 Å². The highest BCUT2D eigenvalue weighted by atomic mass is 32.1. The second-order valence-electron chi connectivity index (χ2n) is 4.04. The molecule has 0 aliphatic carbocycles. The average molecular weight is 230 g/mol. The third-order valence-corrected chi connectivity index (χ3v) is 3.15. The van der Waals surface area contributed by atoms with Crippen molar-refractivity contribution in [2.45, 2.75) is 33.6 Å². The predicted molar refractivity (Wildman–Crippen MR) is 67.7 cm³/mol. The zero-order chi connectivity index (χ0) is 12.0. The molecule has 88 valence electrons. The van der Waals surface area contributed by atoms with Crippen LogP contribution in [0.15, 0.2) is 0 Å². The molecule has 0 aliphatic rings. The number of nitrogens with two attached hydrogens (primary N) is 1. The molecule has 0 fully saturated rings. The maximum Gasteiger partial charge on any atom is 0.225 e. The van der Waals surface area contributed by atoms with Gasteiger partial charge in [0, 0.05) is 25.4 Å². The molecule has 0 aromatic heterocycles. The maximum atomic E-state index is 11.9. The van der Waals surface area contributed by atoms with Crippen LogP contribution in [0.25, 0.3) is 0 Å². The number of hydrogen-bond donors (Lipinski definition) is 1. The van der Waals surface area contributed by atoms with Gasteiger partial charge in [-0.25, -0.2) is 0 Å². The van der Waals surface area contributed by atoms with Crippen LogP contribution in [0.2, 0.25) is 0 Å². The molecule has 0 saturated carbocycles. The third-order valence-electron chi connectivity index (χ3n) is 2.74. The monoisotopic (exact) mass is 230 g/mol. The fraction of sp³-hybridized carbons (Fsp3) is 0.818. The number of amides is 1. The topological polar surface area (TPSA) is 46.3 Å². The minimum absolute atomic E-state index is 0.0864. The van der Waals surface area contributed by atoms with Gasteiger partial charge in [-0.15, -0.1) is 0 Å². The van der Waals surface area contributed by atoms with Gasteiger partial charge in [0.25, 0.3) is 0 Å². The van der Waals surface area contributed by atoms with Crippen molar-refractivity contribution < 1.29 is 4.79 Å². The normalized spacial score (nSPS) is 12.6. The Bertz CT molecular complexity index is 227. The lowest BCUT2D eigenvalue weighted by molar-refractivity contribution is -0.134. The van der Waals surface area contributed by atoms with E-state index in [2.05, 4.69) is 0 Å². The van der Waals surface area contributed by atoms with Crippen LogP contribution >= 0.6 is 12.2 Å². The molecule has 1 amide bonds. The van der Waals surface area contributed by atoms with E-state index >= 15 is 0 Å². The van der Waals surface area contributed by atoms with E-state index < -0.39 is 0 Å². The summed E-state index contributed by atoms with van der Waals surface area (Å²) in [5.41, 5.74) is 5.52. The molecule has 0 aromatic carbocycles. The Labute approximate surface area is 98.0 Å². The fourth-order valence-electron chi connectivity index (χ4n) is 1.54. The second kappa shape index (κ2) is 6.77. The first kappa shape index (κ1) is 14.4. The van der Waals surface area contributed by atoms with Gasteiger partial charge >= 0.3 is 0 Å². The van der Waals surface area contributed by atoms with Crippen LogP contribution in [0.3, 0.4) is 0 Å². The van der Waals surface area contributed by atoms with Gasteiger partial charge < -0.3 is 10.6 Å². The van der Waals surface area contributed by atoms with Crippen molar-refractivity contribution in [3.63, 3.8) is 0 Å². The minimum atomic E-state index is 0.0864. The van der Waals surface area contributed by atoms with Gasteiger partial charge in [-0.2, -0.15) is 0 Å². The van der Waals surface area contributed by atoms with Gasteiger partial charge in [-0.1, -0.05) is 33.0 Å². The first-order chi connectivity index (χ1) is 6.93. The van der Waals surface area contributed by atoms with E-state index in [1.165, 1.54) is 0 Å². The zero-order valence-corrected chi connectivity index (χ0v) is 10.9. The molecule has 0 bridgehead atoms. The third kappa shape index (κ3) is 4.60. The summed E-state index contributed by atoms with van der Waals surface area (Å²) in [5.74, 6) is 0.417. The molecule has 4 heteroatoms. The van der Waals surface area contributed by atoms with E-state index in [1.807, 2.05) is 27.8 Å². The SMILES string of the molecule is CCC(CC)C(=O)N(C)CC(C)C(N)=S. The Morgan fingerprint density at radius 1 is 1.40 bits per heavy atom. The highest BCUT2D eigenvalue weighted by molar-refractivity contribution is 7.80. The van der Waals surface area contributed by atoms with E-state index in [0.29, 0.717) is 11.5 Å². The second-order valence-corrected chi connectivity index (χ2v) is 4.51. The molecule has 0 rings (SSSR count). The summed E-state index contributed by atoms with van der Waals surface area (Å²) in [6, 6.07) is 0. The summed E-state index contributed by atoms with van der Waals surface area (Å²) in [6.07, 6.45) is 1.78. The maximum absolute atomic E-state index is 11.9. The Balaban J connectivity index is 4.26. The van der Waals surface area contributed by atoms with Crippen LogP contribution in [0.5, 0.6) is 0 Å². The molecule has 15 heavy (non-hydrogen) atoms. The first-order valence-corrected chi connectivity index (χ1v) is 5.89. The van der Waals surface area contributed by atoms with E-state index in [1.54, 1.807) is 4.90 Å². The lowest BCUT2D eigenvalue weighted by Crippen LogP contribution is -2.38. The smallest absolute Gasteiger partial charge is 0.225 e. The first-order valence-electron chi connectivity index (χ1n) is 5.48. The number of rotatable bonds is 6. The molecule has 1 atom stereocenters. The van der Waals surface area contributed by atoms with Crippen molar-refractivity contribution in [2.75, 3.05) is 13.6 Å². The van der Waals surface area contributed by atoms with Gasteiger partial charge in [0.15, 0.2) is 0 Å². The Kier molecular flexibility index (Phi) is 6.48. The Hall–Kier alpha value is -0.640. The predicted octanol–water partition coefficient (Wildman–Crippen LogP) is 1.80. The van der Waals surface area contributed by atoms with E-state index in [0.717, 1.165) is 12.8 Å². The van der Waals surface area contributed by atoms with E-state index in [9.17, 15) is 4.79 Å². The summed E-state index contributed by atoms with van der Waals surface area (Å²) in [6.45, 7) is 6.64. The van der Waals surface area contributed by atoms with E-state index in [-0.39, 0.29) is 17.7 Å². The quantitative estimate of drug-likeness (QED) is 0.708. The van der Waals surface area contributed by atoms with E-state index in [4.69, 9.17) is 18.0 Å². The van der Waals surface area contributed by atoms with Gasteiger partial charge in [0.2, 0.25) is 5.91 Å². The van der Waals surface area contributed by atoms with Gasteiger partial charge in [-0.3, -0.25) is 4.79 Å². The van der Waals surface area contributed by atoms with Crippen LogP contribution in [0, 0.1) is 11.8 Å². The Morgan fingerprint density at radius 3 is 2.20 bits per heavy atom. The average Bonchev–Trinajstić information content (AvgIpc) is 2.19. The molecule has 0 heterocycles. The number of thiocarbonyl (C=S) groups is 1. The largest absolute Gasteiger partial charge is 0.393 e. The standard InChI is InChI=1S/C11H22N2OS/c1-5-9(6-2)11(14)13(4)7-8(3)10(12)15/h8-9H,5-7H2,1-4H3,(H2,12,15). The minimum Gasteiger partial charge on any atom is -0.393 e. The summed E-state index contributed by atoms with van der Waals surface area (Å²) in [5, 5.41) is 0. The van der Waals surface area contributed by atoms with Crippen LogP contribution < -0.4 is 5.73 Å². The van der Waals surface area contributed by atoms with Crippen molar-refractivity contribution in [2.24, 2.45) is 17.6 Å².